The number of hydrazine groups is 2. The molecule has 0 N–H and O–H groups in total. The third kappa shape index (κ3) is 6.23. The van der Waals surface area contributed by atoms with Crippen LogP contribution in [-0.2, 0) is 15.8 Å². The molecule has 0 saturated carbocycles. The fourth-order valence-corrected chi connectivity index (χ4v) is 6.71. The summed E-state index contributed by atoms with van der Waals surface area (Å²) in [5, 5.41) is 6.02. The van der Waals surface area contributed by atoms with Gasteiger partial charge in [0.05, 0.1) is 20.0 Å². The number of nitrogens with zero attached hydrogens (tertiary/aromatic N) is 6. The van der Waals surface area contributed by atoms with Crippen LogP contribution in [0.4, 0.5) is 23.4 Å². The van der Waals surface area contributed by atoms with Crippen molar-refractivity contribution in [2.45, 2.75) is 47.7 Å². The van der Waals surface area contributed by atoms with Crippen molar-refractivity contribution in [3.63, 3.8) is 0 Å². The van der Waals surface area contributed by atoms with Crippen LogP contribution in [0.15, 0.2) is 0 Å². The molecule has 0 aliphatic rings. The SMILES string of the molecule is CCN(CC)N(C(C)=O)c1nc2c(Cl)c3nc(N(C(C)=O)N(CC)CC)sc3c(C(F)(F)F)c2s1.Cl.Cl. The van der Waals surface area contributed by atoms with E-state index in [1.54, 1.807) is 10.0 Å². The highest BCUT2D eigenvalue weighted by Crippen LogP contribution is 2.50. The van der Waals surface area contributed by atoms with Gasteiger partial charge in [0.1, 0.15) is 11.0 Å². The highest BCUT2D eigenvalue weighted by molar-refractivity contribution is 7.25. The summed E-state index contributed by atoms with van der Waals surface area (Å²) < 4.78 is 42.9. The smallest absolute Gasteiger partial charge is 0.273 e. The third-order valence-electron chi connectivity index (χ3n) is 5.37. The summed E-state index contributed by atoms with van der Waals surface area (Å²) in [7, 11) is 0. The number of carbonyl (C=O) groups is 2. The zero-order chi connectivity index (χ0) is 26.2. The van der Waals surface area contributed by atoms with E-state index >= 15 is 0 Å². The molecule has 3 rings (SSSR count). The van der Waals surface area contributed by atoms with Gasteiger partial charge in [-0.05, 0) is 0 Å². The highest BCUT2D eigenvalue weighted by atomic mass is 35.5. The zero-order valence-corrected chi connectivity index (χ0v) is 25.0. The second-order valence-corrected chi connectivity index (χ2v) is 9.81. The normalized spacial score (nSPS) is 11.7. The lowest BCUT2D eigenvalue weighted by Crippen LogP contribution is -2.45. The van der Waals surface area contributed by atoms with E-state index in [1.165, 1.54) is 23.9 Å². The predicted octanol–water partition coefficient (Wildman–Crippen LogP) is 6.64. The third-order valence-corrected chi connectivity index (χ3v) is 7.82. The van der Waals surface area contributed by atoms with Gasteiger partial charge in [0.15, 0.2) is 0 Å². The Hall–Kier alpha value is -1.48. The number of fused-ring (bicyclic) bond motifs is 2. The van der Waals surface area contributed by atoms with Crippen LogP contribution in [0.5, 0.6) is 0 Å². The Labute approximate surface area is 238 Å². The molecule has 8 nitrogen and oxygen atoms in total. The Morgan fingerprint density at radius 1 is 0.784 bits per heavy atom. The summed E-state index contributed by atoms with van der Waals surface area (Å²) in [5.41, 5.74) is -1.09. The number of alkyl halides is 3. The lowest BCUT2D eigenvalue weighted by Gasteiger charge is -2.30. The Balaban J connectivity index is 0.00000342. The van der Waals surface area contributed by atoms with Crippen molar-refractivity contribution in [1.82, 2.24) is 20.0 Å². The quantitative estimate of drug-likeness (QED) is 0.262. The topological polar surface area (TPSA) is 72.9 Å². The van der Waals surface area contributed by atoms with E-state index < -0.39 is 11.7 Å². The van der Waals surface area contributed by atoms with Crippen LogP contribution in [0.3, 0.4) is 0 Å². The van der Waals surface area contributed by atoms with Crippen LogP contribution in [-0.4, -0.2) is 58.0 Å². The van der Waals surface area contributed by atoms with Crippen molar-refractivity contribution in [2.75, 3.05) is 36.2 Å². The van der Waals surface area contributed by atoms with Gasteiger partial charge in [-0.25, -0.2) is 30.0 Å². The number of benzene rings is 1. The van der Waals surface area contributed by atoms with E-state index in [2.05, 4.69) is 9.97 Å². The molecule has 2 heterocycles. The number of halogens is 6. The van der Waals surface area contributed by atoms with Gasteiger partial charge in [0.25, 0.3) is 0 Å². The van der Waals surface area contributed by atoms with E-state index in [9.17, 15) is 22.8 Å². The summed E-state index contributed by atoms with van der Waals surface area (Å²) in [6.07, 6.45) is -4.75. The van der Waals surface area contributed by atoms with Crippen molar-refractivity contribution < 1.29 is 22.8 Å². The second kappa shape index (κ2) is 13.0. The molecule has 0 unspecified atom stereocenters. The lowest BCUT2D eigenvalue weighted by molar-refractivity contribution is -0.134. The summed E-state index contributed by atoms with van der Waals surface area (Å²) >= 11 is 8.07. The molecule has 0 radical (unpaired) electrons. The van der Waals surface area contributed by atoms with Crippen molar-refractivity contribution in [3.05, 3.63) is 10.6 Å². The lowest BCUT2D eigenvalue weighted by atomic mass is 10.2. The molecule has 3 aromatic rings. The maximum atomic E-state index is 14.4. The number of hydrogen-bond donors (Lipinski definition) is 0. The molecule has 0 aliphatic heterocycles. The number of carbonyl (C=O) groups excluding carboxylic acids is 2. The minimum absolute atomic E-state index is 0. The number of thiazole rings is 2. The van der Waals surface area contributed by atoms with Gasteiger partial charge in [-0.2, -0.15) is 13.2 Å². The molecule has 0 aliphatic carbocycles. The Bertz CT molecular complexity index is 1180. The first-order chi connectivity index (χ1) is 16.4. The monoisotopic (exact) mass is 622 g/mol. The van der Waals surface area contributed by atoms with Crippen LogP contribution in [0.25, 0.3) is 20.4 Å². The molecule has 1 aromatic carbocycles. The summed E-state index contributed by atoms with van der Waals surface area (Å²) in [6, 6.07) is 0. The Kier molecular flexibility index (Phi) is 11.8. The van der Waals surface area contributed by atoms with E-state index in [0.29, 0.717) is 26.2 Å². The Morgan fingerprint density at radius 3 is 1.35 bits per heavy atom. The first-order valence-electron chi connectivity index (χ1n) is 11.0. The van der Waals surface area contributed by atoms with Gasteiger partial charge in [0, 0.05) is 40.0 Å². The van der Waals surface area contributed by atoms with Crippen LogP contribution in [0, 0.1) is 0 Å². The molecule has 0 saturated heterocycles. The molecular weight excluding hydrogens is 596 g/mol. The highest BCUT2D eigenvalue weighted by Gasteiger charge is 2.40. The minimum Gasteiger partial charge on any atom is -0.273 e. The van der Waals surface area contributed by atoms with Crippen molar-refractivity contribution in [1.29, 1.82) is 0 Å². The number of aromatic nitrogens is 2. The molecule has 208 valence electrons. The van der Waals surface area contributed by atoms with E-state index in [1.807, 2.05) is 27.7 Å². The van der Waals surface area contributed by atoms with Gasteiger partial charge < -0.3 is 0 Å². The molecule has 2 amide bonds. The first kappa shape index (κ1) is 33.5. The van der Waals surface area contributed by atoms with Crippen LogP contribution in [0.1, 0.15) is 47.1 Å². The van der Waals surface area contributed by atoms with E-state index in [-0.39, 0.29) is 72.3 Å². The van der Waals surface area contributed by atoms with Gasteiger partial charge in [-0.15, -0.1) is 24.8 Å². The predicted molar refractivity (Wildman–Crippen MR) is 149 cm³/mol. The van der Waals surface area contributed by atoms with Crippen LogP contribution < -0.4 is 10.0 Å². The largest absolute Gasteiger partial charge is 0.419 e. The summed E-state index contributed by atoms with van der Waals surface area (Å²) in [6.45, 7) is 11.8. The fourth-order valence-electron chi connectivity index (χ4n) is 3.83. The van der Waals surface area contributed by atoms with Crippen LogP contribution in [0.2, 0.25) is 5.02 Å². The van der Waals surface area contributed by atoms with Gasteiger partial charge >= 0.3 is 6.18 Å². The zero-order valence-electron chi connectivity index (χ0n) is 21.0. The molecule has 0 atom stereocenters. The number of amides is 2. The summed E-state index contributed by atoms with van der Waals surface area (Å²) in [4.78, 5) is 33.5. The maximum absolute atomic E-state index is 14.4. The van der Waals surface area contributed by atoms with E-state index in [0.717, 1.165) is 22.7 Å². The average Bonchev–Trinajstić information content (AvgIpc) is 3.39. The van der Waals surface area contributed by atoms with Gasteiger partial charge in [0.2, 0.25) is 22.1 Å². The van der Waals surface area contributed by atoms with Crippen molar-refractivity contribution >= 4 is 102 Å². The first-order valence-corrected chi connectivity index (χ1v) is 13.0. The molecule has 37 heavy (non-hydrogen) atoms. The molecule has 2 aromatic heterocycles. The summed E-state index contributed by atoms with van der Waals surface area (Å²) in [5.74, 6) is -0.757. The Morgan fingerprint density at radius 2 is 1.11 bits per heavy atom. The average molecular weight is 624 g/mol. The molecule has 0 fully saturated rings. The van der Waals surface area contributed by atoms with E-state index in [4.69, 9.17) is 11.6 Å². The van der Waals surface area contributed by atoms with Gasteiger partial charge in [-0.3, -0.25) is 9.59 Å². The standard InChI is InChI=1S/C21H26ClF3N6O2S2.2ClH/c1-7-28(8-2)30(11(5)32)19-26-15-14(22)16-18(13(17(15)34-19)21(23,24)25)35-20(27-16)31(12(6)33)29(9-3)10-4;;/h7-10H2,1-6H3;2*1H. The second-order valence-electron chi connectivity index (χ2n) is 7.47. The van der Waals surface area contributed by atoms with Crippen LogP contribution >= 0.6 is 59.1 Å². The fraction of sp³-hybridized carbons (Fsp3) is 0.524. The number of rotatable bonds is 8. The van der Waals surface area contributed by atoms with Gasteiger partial charge in [-0.1, -0.05) is 62.0 Å². The number of hydrogen-bond acceptors (Lipinski definition) is 8. The molecule has 16 heteroatoms. The number of anilines is 2. The van der Waals surface area contributed by atoms with Crippen molar-refractivity contribution in [2.24, 2.45) is 0 Å². The van der Waals surface area contributed by atoms with Crippen molar-refractivity contribution in [3.8, 4) is 0 Å². The molecule has 0 bridgehead atoms. The minimum atomic E-state index is -4.75. The maximum Gasteiger partial charge on any atom is 0.419 e. The molecule has 0 spiro atoms. The molecular formula is C21H28Cl3F3N6O2S2.